The molecule has 0 saturated heterocycles. The molecule has 4 rings (SSSR count). The third kappa shape index (κ3) is 3.79. The van der Waals surface area contributed by atoms with Crippen LogP contribution in [0.15, 0.2) is 61.1 Å². The van der Waals surface area contributed by atoms with E-state index < -0.39 is 0 Å². The lowest BCUT2D eigenvalue weighted by molar-refractivity contribution is 0.0947. The van der Waals surface area contributed by atoms with Gasteiger partial charge >= 0.3 is 0 Å². The molecule has 0 aliphatic carbocycles. The highest BCUT2D eigenvalue weighted by Crippen LogP contribution is 2.31. The van der Waals surface area contributed by atoms with Gasteiger partial charge < -0.3 is 11.1 Å². The maximum atomic E-state index is 13.7. The second-order valence-corrected chi connectivity index (χ2v) is 7.05. The maximum Gasteiger partial charge on any atom is 0.269 e. The molecule has 3 aromatic heterocycles. The Bertz CT molecular complexity index is 1220. The summed E-state index contributed by atoms with van der Waals surface area (Å²) in [6.07, 6.45) is 5.86. The van der Waals surface area contributed by atoms with E-state index in [-0.39, 0.29) is 11.7 Å². The Hall–Kier alpha value is -3.58. The van der Waals surface area contributed by atoms with Crippen molar-refractivity contribution in [2.75, 3.05) is 13.1 Å². The number of hydrogen-bond donors (Lipinski definition) is 2. The fourth-order valence-corrected chi connectivity index (χ4v) is 3.36. The molecule has 1 amide bonds. The van der Waals surface area contributed by atoms with Crippen LogP contribution in [0.3, 0.4) is 0 Å². The number of nitrogens with one attached hydrogen (secondary N) is 1. The van der Waals surface area contributed by atoms with Crippen LogP contribution in [0.4, 0.5) is 4.39 Å². The van der Waals surface area contributed by atoms with E-state index in [1.165, 1.54) is 6.07 Å². The van der Waals surface area contributed by atoms with Crippen LogP contribution >= 0.6 is 0 Å². The van der Waals surface area contributed by atoms with Crippen molar-refractivity contribution in [1.29, 1.82) is 0 Å². The Balaban J connectivity index is 1.76. The molecule has 0 saturated carbocycles. The molecular formula is C23H22FN5O. The number of imidazole rings is 1. The van der Waals surface area contributed by atoms with Crippen molar-refractivity contribution in [3.8, 4) is 22.4 Å². The number of amides is 1. The minimum atomic E-state index is -0.249. The Morgan fingerprint density at radius 1 is 1.17 bits per heavy atom. The minimum Gasteiger partial charge on any atom is -0.351 e. The van der Waals surface area contributed by atoms with E-state index in [4.69, 9.17) is 5.73 Å². The SMILES string of the molecule is Cc1cc(-c2ncccc2-c2ccc3ncc(C(=O)NCCCN)n3c2)ccc1F. The average Bonchev–Trinajstić information content (AvgIpc) is 3.19. The zero-order valence-corrected chi connectivity index (χ0v) is 16.6. The smallest absolute Gasteiger partial charge is 0.269 e. The lowest BCUT2D eigenvalue weighted by Gasteiger charge is -2.11. The summed E-state index contributed by atoms with van der Waals surface area (Å²) < 4.78 is 15.5. The van der Waals surface area contributed by atoms with Crippen molar-refractivity contribution in [2.24, 2.45) is 5.73 Å². The van der Waals surface area contributed by atoms with E-state index in [0.717, 1.165) is 22.4 Å². The first-order valence-electron chi connectivity index (χ1n) is 9.76. The molecule has 3 heterocycles. The lowest BCUT2D eigenvalue weighted by atomic mass is 9.99. The molecule has 0 aliphatic heterocycles. The number of carbonyl (C=O) groups excluding carboxylic acids is 1. The van der Waals surface area contributed by atoms with Crippen LogP contribution in [-0.4, -0.2) is 33.4 Å². The number of carbonyl (C=O) groups is 1. The molecule has 1 aromatic carbocycles. The van der Waals surface area contributed by atoms with Crippen molar-refractivity contribution >= 4 is 11.6 Å². The first-order chi connectivity index (χ1) is 14.6. The number of benzene rings is 1. The first kappa shape index (κ1) is 19.7. The lowest BCUT2D eigenvalue weighted by Crippen LogP contribution is -2.27. The molecule has 0 spiro atoms. The van der Waals surface area contributed by atoms with E-state index in [0.29, 0.717) is 36.4 Å². The molecule has 4 aromatic rings. The quantitative estimate of drug-likeness (QED) is 0.482. The number of rotatable bonds is 6. The standard InChI is InChI=1S/C23H22FN5O/c1-15-12-16(5-7-19(15)24)22-18(4-2-10-26-22)17-6-8-21-28-13-20(29(21)14-17)23(30)27-11-3-9-25/h2,4-8,10,12-14H,3,9,11,25H2,1H3,(H,27,30). The summed E-state index contributed by atoms with van der Waals surface area (Å²) in [5.41, 5.74) is 10.5. The maximum absolute atomic E-state index is 13.7. The van der Waals surface area contributed by atoms with Crippen LogP contribution in [0, 0.1) is 12.7 Å². The predicted octanol–water partition coefficient (Wildman–Crippen LogP) is 3.59. The molecule has 152 valence electrons. The van der Waals surface area contributed by atoms with Crippen molar-refractivity contribution in [1.82, 2.24) is 19.7 Å². The minimum absolute atomic E-state index is 0.200. The Morgan fingerprint density at radius 3 is 2.80 bits per heavy atom. The van der Waals surface area contributed by atoms with Crippen molar-refractivity contribution in [3.05, 3.63) is 78.1 Å². The highest BCUT2D eigenvalue weighted by atomic mass is 19.1. The van der Waals surface area contributed by atoms with E-state index in [1.807, 2.05) is 30.5 Å². The van der Waals surface area contributed by atoms with E-state index in [2.05, 4.69) is 15.3 Å². The van der Waals surface area contributed by atoms with Crippen LogP contribution in [0.1, 0.15) is 22.5 Å². The van der Waals surface area contributed by atoms with E-state index in [1.54, 1.807) is 35.9 Å². The fourth-order valence-electron chi connectivity index (χ4n) is 3.36. The van der Waals surface area contributed by atoms with Gasteiger partial charge in [0, 0.05) is 35.6 Å². The van der Waals surface area contributed by atoms with E-state index >= 15 is 0 Å². The average molecular weight is 403 g/mol. The van der Waals surface area contributed by atoms with Gasteiger partial charge in [0.25, 0.3) is 5.91 Å². The number of aryl methyl sites for hydroxylation is 1. The molecule has 0 unspecified atom stereocenters. The Kier molecular flexibility index (Phi) is 5.54. The first-order valence-corrected chi connectivity index (χ1v) is 9.76. The van der Waals surface area contributed by atoms with Gasteiger partial charge in [-0.2, -0.15) is 0 Å². The Morgan fingerprint density at radius 2 is 2.00 bits per heavy atom. The summed E-state index contributed by atoms with van der Waals surface area (Å²) in [4.78, 5) is 21.4. The second-order valence-electron chi connectivity index (χ2n) is 7.05. The Labute approximate surface area is 173 Å². The topological polar surface area (TPSA) is 85.3 Å². The van der Waals surface area contributed by atoms with Gasteiger partial charge in [0.05, 0.1) is 11.9 Å². The summed E-state index contributed by atoms with van der Waals surface area (Å²) in [5.74, 6) is -0.449. The van der Waals surface area contributed by atoms with Crippen molar-refractivity contribution < 1.29 is 9.18 Å². The summed E-state index contributed by atoms with van der Waals surface area (Å²) >= 11 is 0. The zero-order valence-electron chi connectivity index (χ0n) is 16.6. The van der Waals surface area contributed by atoms with Crippen LogP contribution in [0.25, 0.3) is 28.0 Å². The monoisotopic (exact) mass is 403 g/mol. The van der Waals surface area contributed by atoms with Crippen LogP contribution in [0.2, 0.25) is 0 Å². The van der Waals surface area contributed by atoms with Gasteiger partial charge in [-0.1, -0.05) is 6.07 Å². The van der Waals surface area contributed by atoms with Crippen LogP contribution in [0.5, 0.6) is 0 Å². The predicted molar refractivity (Wildman–Crippen MR) is 115 cm³/mol. The number of halogens is 1. The summed E-state index contributed by atoms with van der Waals surface area (Å²) in [6.45, 7) is 2.76. The van der Waals surface area contributed by atoms with Gasteiger partial charge in [-0.3, -0.25) is 14.2 Å². The number of aromatic nitrogens is 3. The highest BCUT2D eigenvalue weighted by molar-refractivity contribution is 5.93. The van der Waals surface area contributed by atoms with E-state index in [9.17, 15) is 9.18 Å². The third-order valence-corrected chi connectivity index (χ3v) is 4.95. The number of nitrogens with two attached hydrogens (primary N) is 1. The van der Waals surface area contributed by atoms with Crippen LogP contribution < -0.4 is 11.1 Å². The van der Waals surface area contributed by atoms with Crippen molar-refractivity contribution in [2.45, 2.75) is 13.3 Å². The molecule has 7 heteroatoms. The summed E-state index contributed by atoms with van der Waals surface area (Å²) in [7, 11) is 0. The van der Waals surface area contributed by atoms with Gasteiger partial charge in [-0.05, 0) is 61.9 Å². The molecule has 0 aliphatic rings. The number of nitrogens with zero attached hydrogens (tertiary/aromatic N) is 3. The molecule has 6 nitrogen and oxygen atoms in total. The molecule has 3 N–H and O–H groups in total. The number of hydrogen-bond acceptors (Lipinski definition) is 4. The van der Waals surface area contributed by atoms with Crippen molar-refractivity contribution in [3.63, 3.8) is 0 Å². The van der Waals surface area contributed by atoms with Crippen LogP contribution in [-0.2, 0) is 0 Å². The number of pyridine rings is 2. The van der Waals surface area contributed by atoms with Gasteiger partial charge in [-0.15, -0.1) is 0 Å². The molecule has 0 bridgehead atoms. The summed E-state index contributed by atoms with van der Waals surface area (Å²) in [5, 5.41) is 2.86. The van der Waals surface area contributed by atoms with Gasteiger partial charge in [0.1, 0.15) is 17.2 Å². The summed E-state index contributed by atoms with van der Waals surface area (Å²) in [6, 6.07) is 12.6. The highest BCUT2D eigenvalue weighted by Gasteiger charge is 2.15. The second kappa shape index (κ2) is 8.42. The van der Waals surface area contributed by atoms with Gasteiger partial charge in [0.15, 0.2) is 0 Å². The van der Waals surface area contributed by atoms with Gasteiger partial charge in [0.2, 0.25) is 0 Å². The normalized spacial score (nSPS) is 11.0. The molecule has 0 fully saturated rings. The zero-order chi connectivity index (χ0) is 21.1. The largest absolute Gasteiger partial charge is 0.351 e. The molecular weight excluding hydrogens is 381 g/mol. The number of fused-ring (bicyclic) bond motifs is 1. The molecule has 30 heavy (non-hydrogen) atoms. The third-order valence-electron chi connectivity index (χ3n) is 4.95. The fraction of sp³-hybridized carbons (Fsp3) is 0.174. The molecule has 0 radical (unpaired) electrons. The van der Waals surface area contributed by atoms with Gasteiger partial charge in [-0.25, -0.2) is 9.37 Å². The molecule has 0 atom stereocenters.